The second-order valence-electron chi connectivity index (χ2n) is 3.89. The maximum atomic E-state index is 5.79. The molecule has 0 radical (unpaired) electrons. The summed E-state index contributed by atoms with van der Waals surface area (Å²) in [5, 5.41) is 3.35. The van der Waals surface area contributed by atoms with E-state index in [9.17, 15) is 0 Å². The van der Waals surface area contributed by atoms with Crippen molar-refractivity contribution in [2.45, 2.75) is 6.42 Å². The van der Waals surface area contributed by atoms with Crippen molar-refractivity contribution < 1.29 is 0 Å². The van der Waals surface area contributed by atoms with Gasteiger partial charge in [-0.15, -0.1) is 0 Å². The summed E-state index contributed by atoms with van der Waals surface area (Å²) < 4.78 is 0. The number of hydrogen-bond acceptors (Lipinski definition) is 4. The number of rotatable bonds is 3. The maximum absolute atomic E-state index is 5.79. The van der Waals surface area contributed by atoms with Crippen molar-refractivity contribution in [3.05, 3.63) is 23.9 Å². The lowest BCUT2D eigenvalue weighted by Gasteiger charge is -2.27. The molecule has 4 nitrogen and oxygen atoms in total. The Balaban J connectivity index is 1.84. The summed E-state index contributed by atoms with van der Waals surface area (Å²) in [5.41, 5.74) is 6.96. The molecule has 2 rings (SSSR count). The van der Waals surface area contributed by atoms with Crippen LogP contribution < -0.4 is 11.1 Å². The zero-order chi connectivity index (χ0) is 10.5. The third-order valence-electron chi connectivity index (χ3n) is 2.83. The van der Waals surface area contributed by atoms with E-state index in [-0.39, 0.29) is 0 Å². The molecule has 1 fully saturated rings. The molecule has 1 aromatic rings. The monoisotopic (exact) mass is 206 g/mol. The minimum absolute atomic E-state index is 0.674. The highest BCUT2D eigenvalue weighted by atomic mass is 15.2. The average molecular weight is 206 g/mol. The molecule has 0 saturated carbocycles. The summed E-state index contributed by atoms with van der Waals surface area (Å²) in [5.74, 6) is 0.674. The standard InChI is InChI=1S/C11H18N4/c12-11-10(2-1-4-14-11)3-7-15-8-5-13-6-9-15/h1-2,4,13H,3,5-9H2,(H2,12,14). The Morgan fingerprint density at radius 1 is 1.40 bits per heavy atom. The van der Waals surface area contributed by atoms with Gasteiger partial charge >= 0.3 is 0 Å². The van der Waals surface area contributed by atoms with Crippen LogP contribution in [0.4, 0.5) is 5.82 Å². The molecule has 0 spiro atoms. The Morgan fingerprint density at radius 3 is 2.93 bits per heavy atom. The Bertz CT molecular complexity index is 307. The number of nitrogens with two attached hydrogens (primary N) is 1. The van der Waals surface area contributed by atoms with Crippen molar-refractivity contribution in [3.63, 3.8) is 0 Å². The summed E-state index contributed by atoms with van der Waals surface area (Å²) >= 11 is 0. The Kier molecular flexibility index (Phi) is 3.53. The van der Waals surface area contributed by atoms with E-state index in [0.717, 1.165) is 44.7 Å². The fourth-order valence-electron chi connectivity index (χ4n) is 1.88. The zero-order valence-corrected chi connectivity index (χ0v) is 8.95. The van der Waals surface area contributed by atoms with E-state index in [1.54, 1.807) is 6.20 Å². The molecule has 1 aliphatic heterocycles. The van der Waals surface area contributed by atoms with Crippen LogP contribution in [0.2, 0.25) is 0 Å². The van der Waals surface area contributed by atoms with Gasteiger partial charge in [0.15, 0.2) is 0 Å². The van der Waals surface area contributed by atoms with E-state index < -0.39 is 0 Å². The lowest BCUT2D eigenvalue weighted by Crippen LogP contribution is -2.44. The van der Waals surface area contributed by atoms with Gasteiger partial charge in [0.1, 0.15) is 5.82 Å². The Hall–Kier alpha value is -1.13. The summed E-state index contributed by atoms with van der Waals surface area (Å²) in [4.78, 5) is 6.55. The molecule has 3 N–H and O–H groups in total. The summed E-state index contributed by atoms with van der Waals surface area (Å²) in [6, 6.07) is 4.01. The molecule has 0 aliphatic carbocycles. The summed E-state index contributed by atoms with van der Waals surface area (Å²) in [6.45, 7) is 5.56. The topological polar surface area (TPSA) is 54.2 Å². The molecule has 1 saturated heterocycles. The number of nitrogens with zero attached hydrogens (tertiary/aromatic N) is 2. The molecular weight excluding hydrogens is 188 g/mol. The van der Waals surface area contributed by atoms with Crippen molar-refractivity contribution >= 4 is 5.82 Å². The van der Waals surface area contributed by atoms with Crippen LogP contribution in [0.15, 0.2) is 18.3 Å². The largest absolute Gasteiger partial charge is 0.383 e. The number of nitrogens with one attached hydrogen (secondary N) is 1. The highest BCUT2D eigenvalue weighted by Crippen LogP contribution is 2.08. The van der Waals surface area contributed by atoms with E-state index in [2.05, 4.69) is 21.3 Å². The summed E-state index contributed by atoms with van der Waals surface area (Å²) in [7, 11) is 0. The Morgan fingerprint density at radius 2 is 2.20 bits per heavy atom. The van der Waals surface area contributed by atoms with Gasteiger partial charge in [-0.3, -0.25) is 0 Å². The first kappa shape index (κ1) is 10.4. The molecule has 0 bridgehead atoms. The minimum Gasteiger partial charge on any atom is -0.383 e. The van der Waals surface area contributed by atoms with Crippen LogP contribution >= 0.6 is 0 Å². The molecule has 1 aliphatic rings. The number of anilines is 1. The van der Waals surface area contributed by atoms with Crippen molar-refractivity contribution in [1.82, 2.24) is 15.2 Å². The van der Waals surface area contributed by atoms with Crippen LogP contribution in [0, 0.1) is 0 Å². The van der Waals surface area contributed by atoms with Gasteiger partial charge in [0.2, 0.25) is 0 Å². The number of pyridine rings is 1. The first-order valence-electron chi connectivity index (χ1n) is 5.49. The molecule has 82 valence electrons. The lowest BCUT2D eigenvalue weighted by atomic mass is 10.2. The lowest BCUT2D eigenvalue weighted by molar-refractivity contribution is 0.244. The first-order chi connectivity index (χ1) is 7.36. The molecule has 0 atom stereocenters. The van der Waals surface area contributed by atoms with Crippen molar-refractivity contribution in [1.29, 1.82) is 0 Å². The Labute approximate surface area is 90.5 Å². The van der Waals surface area contributed by atoms with Crippen LogP contribution in [-0.2, 0) is 6.42 Å². The maximum Gasteiger partial charge on any atom is 0.126 e. The van der Waals surface area contributed by atoms with E-state index >= 15 is 0 Å². The highest BCUT2D eigenvalue weighted by molar-refractivity contribution is 5.38. The van der Waals surface area contributed by atoms with Crippen LogP contribution in [-0.4, -0.2) is 42.6 Å². The molecule has 0 unspecified atom stereocenters. The highest BCUT2D eigenvalue weighted by Gasteiger charge is 2.09. The fraction of sp³-hybridized carbons (Fsp3) is 0.545. The zero-order valence-electron chi connectivity index (χ0n) is 8.95. The van der Waals surface area contributed by atoms with E-state index in [0.29, 0.717) is 5.82 Å². The SMILES string of the molecule is Nc1ncccc1CCN1CCNCC1. The third kappa shape index (κ3) is 2.91. The van der Waals surface area contributed by atoms with Gasteiger partial charge < -0.3 is 16.0 Å². The van der Waals surface area contributed by atoms with E-state index in [1.807, 2.05) is 6.07 Å². The van der Waals surface area contributed by atoms with Gasteiger partial charge in [-0.2, -0.15) is 0 Å². The van der Waals surface area contributed by atoms with Crippen molar-refractivity contribution in [2.75, 3.05) is 38.5 Å². The van der Waals surface area contributed by atoms with Crippen LogP contribution in [0.5, 0.6) is 0 Å². The number of piperazine rings is 1. The summed E-state index contributed by atoms with van der Waals surface area (Å²) in [6.07, 6.45) is 2.74. The normalized spacial score (nSPS) is 17.9. The molecule has 4 heteroatoms. The van der Waals surface area contributed by atoms with Gasteiger partial charge in [0.25, 0.3) is 0 Å². The predicted octanol–water partition coefficient (Wildman–Crippen LogP) is 0.112. The molecule has 15 heavy (non-hydrogen) atoms. The second kappa shape index (κ2) is 5.09. The van der Waals surface area contributed by atoms with Crippen LogP contribution in [0.25, 0.3) is 0 Å². The smallest absolute Gasteiger partial charge is 0.126 e. The minimum atomic E-state index is 0.674. The number of nitrogen functional groups attached to an aromatic ring is 1. The van der Waals surface area contributed by atoms with Gasteiger partial charge in [0.05, 0.1) is 0 Å². The molecule has 0 amide bonds. The second-order valence-corrected chi connectivity index (χ2v) is 3.89. The fourth-order valence-corrected chi connectivity index (χ4v) is 1.88. The van der Waals surface area contributed by atoms with Gasteiger partial charge in [0, 0.05) is 38.9 Å². The van der Waals surface area contributed by atoms with Gasteiger partial charge in [-0.1, -0.05) is 6.07 Å². The van der Waals surface area contributed by atoms with E-state index in [4.69, 9.17) is 5.73 Å². The van der Waals surface area contributed by atoms with Crippen LogP contribution in [0.1, 0.15) is 5.56 Å². The van der Waals surface area contributed by atoms with Gasteiger partial charge in [-0.25, -0.2) is 4.98 Å². The molecular formula is C11H18N4. The third-order valence-corrected chi connectivity index (χ3v) is 2.83. The first-order valence-corrected chi connectivity index (χ1v) is 5.49. The van der Waals surface area contributed by atoms with Crippen molar-refractivity contribution in [3.8, 4) is 0 Å². The molecule has 0 aromatic carbocycles. The average Bonchev–Trinajstić information content (AvgIpc) is 2.29. The van der Waals surface area contributed by atoms with Crippen molar-refractivity contribution in [2.24, 2.45) is 0 Å². The quantitative estimate of drug-likeness (QED) is 0.737. The molecule has 1 aromatic heterocycles. The molecule has 2 heterocycles. The predicted molar refractivity (Wildman–Crippen MR) is 61.7 cm³/mol. The number of aromatic nitrogens is 1. The van der Waals surface area contributed by atoms with Gasteiger partial charge in [-0.05, 0) is 18.1 Å². The van der Waals surface area contributed by atoms with Crippen LogP contribution in [0.3, 0.4) is 0 Å². The van der Waals surface area contributed by atoms with E-state index in [1.165, 1.54) is 0 Å². The number of hydrogen-bond donors (Lipinski definition) is 2.